The van der Waals surface area contributed by atoms with E-state index in [1.807, 2.05) is 31.2 Å². The second-order valence-electron chi connectivity index (χ2n) is 8.32. The van der Waals surface area contributed by atoms with Crippen LogP contribution < -0.4 is 5.32 Å². The number of hydrogen-bond donors (Lipinski definition) is 3. The number of alkyl halides is 3. The molecule has 1 fully saturated rings. The van der Waals surface area contributed by atoms with Crippen LogP contribution in [0.4, 0.5) is 23.7 Å². The standard InChI is InChI=1S/C22H23F3N4O.C2H2O4/c1-15-6-2-3-7-17(15)27-21(30)28-12-10-16(11-13-28)14-29-19-9-5-4-8-18(19)26-20(29)22(23,24)25;3-1(4)2(5)6/h2-9,16H,10-14H2,1H3,(H,27,30);(H,3,4)(H,5,6). The molecular weight excluding hydrogens is 481 g/mol. The van der Waals surface area contributed by atoms with E-state index in [4.69, 9.17) is 19.8 Å². The van der Waals surface area contributed by atoms with E-state index in [1.54, 1.807) is 29.2 Å². The van der Waals surface area contributed by atoms with Gasteiger partial charge >= 0.3 is 24.1 Å². The van der Waals surface area contributed by atoms with Crippen molar-refractivity contribution >= 4 is 34.7 Å². The number of fused-ring (bicyclic) bond motifs is 1. The van der Waals surface area contributed by atoms with Crippen molar-refractivity contribution in [2.24, 2.45) is 5.92 Å². The summed E-state index contributed by atoms with van der Waals surface area (Å²) in [6, 6.07) is 14.0. The number of piperidine rings is 1. The van der Waals surface area contributed by atoms with Gasteiger partial charge in [-0.1, -0.05) is 30.3 Å². The Kier molecular flexibility index (Phi) is 8.18. The zero-order valence-corrected chi connectivity index (χ0v) is 19.3. The molecule has 0 radical (unpaired) electrons. The number of halogens is 3. The number of hydrogen-bond acceptors (Lipinski definition) is 4. The Morgan fingerprint density at radius 2 is 1.58 bits per heavy atom. The Morgan fingerprint density at radius 3 is 2.17 bits per heavy atom. The molecule has 3 aromatic rings. The Labute approximate surface area is 204 Å². The molecule has 1 aromatic heterocycles. The van der Waals surface area contributed by atoms with Crippen LogP contribution in [0.3, 0.4) is 0 Å². The van der Waals surface area contributed by atoms with Gasteiger partial charge in [0.15, 0.2) is 0 Å². The van der Waals surface area contributed by atoms with Crippen LogP contribution in [0.15, 0.2) is 48.5 Å². The minimum atomic E-state index is -4.51. The van der Waals surface area contributed by atoms with Crippen molar-refractivity contribution in [3.8, 4) is 0 Å². The third-order valence-corrected chi connectivity index (χ3v) is 5.82. The smallest absolute Gasteiger partial charge is 0.449 e. The molecule has 2 amide bonds. The Hall–Kier alpha value is -4.09. The molecule has 36 heavy (non-hydrogen) atoms. The first kappa shape index (κ1) is 26.5. The highest BCUT2D eigenvalue weighted by Crippen LogP contribution is 2.33. The first-order valence-corrected chi connectivity index (χ1v) is 11.1. The van der Waals surface area contributed by atoms with Gasteiger partial charge in [-0.25, -0.2) is 19.4 Å². The summed E-state index contributed by atoms with van der Waals surface area (Å²) < 4.78 is 41.8. The Balaban J connectivity index is 0.000000538. The zero-order valence-electron chi connectivity index (χ0n) is 19.3. The van der Waals surface area contributed by atoms with Gasteiger partial charge in [0.1, 0.15) is 0 Å². The van der Waals surface area contributed by atoms with Crippen LogP contribution in [-0.2, 0) is 22.3 Å². The largest absolute Gasteiger partial charge is 0.473 e. The van der Waals surface area contributed by atoms with Gasteiger partial charge in [0, 0.05) is 25.3 Å². The number of carboxylic acids is 2. The van der Waals surface area contributed by atoms with E-state index in [2.05, 4.69) is 10.3 Å². The highest BCUT2D eigenvalue weighted by molar-refractivity contribution is 6.27. The summed E-state index contributed by atoms with van der Waals surface area (Å²) in [7, 11) is 0. The van der Waals surface area contributed by atoms with Crippen LogP contribution in [-0.4, -0.2) is 55.7 Å². The van der Waals surface area contributed by atoms with Crippen LogP contribution in [0.2, 0.25) is 0 Å². The van der Waals surface area contributed by atoms with Gasteiger partial charge in [-0.05, 0) is 49.4 Å². The maximum absolute atomic E-state index is 13.5. The number of rotatable bonds is 3. The molecule has 192 valence electrons. The predicted octanol–water partition coefficient (Wildman–Crippen LogP) is 4.46. The number of urea groups is 1. The highest BCUT2D eigenvalue weighted by Gasteiger charge is 2.38. The molecule has 2 heterocycles. The summed E-state index contributed by atoms with van der Waals surface area (Å²) in [5.41, 5.74) is 2.58. The van der Waals surface area contributed by atoms with Crippen molar-refractivity contribution in [1.29, 1.82) is 0 Å². The number of amides is 2. The van der Waals surface area contributed by atoms with Gasteiger partial charge in [-0.2, -0.15) is 13.2 Å². The summed E-state index contributed by atoms with van der Waals surface area (Å²) in [6.07, 6.45) is -3.22. The normalized spacial score (nSPS) is 14.2. The summed E-state index contributed by atoms with van der Waals surface area (Å²) in [6.45, 7) is 3.19. The molecule has 2 aromatic carbocycles. The van der Waals surface area contributed by atoms with Gasteiger partial charge in [-0.3, -0.25) is 0 Å². The average molecular weight is 506 g/mol. The number of nitrogens with one attached hydrogen (secondary N) is 1. The maximum Gasteiger partial charge on any atom is 0.449 e. The molecule has 3 N–H and O–H groups in total. The molecular formula is C24H25F3N4O5. The number of carbonyl (C=O) groups excluding carboxylic acids is 1. The van der Waals surface area contributed by atoms with Crippen LogP contribution in [0, 0.1) is 12.8 Å². The number of carboxylic acid groups (broad SMARTS) is 2. The fourth-order valence-electron chi connectivity index (χ4n) is 3.96. The molecule has 0 spiro atoms. The van der Waals surface area contributed by atoms with E-state index in [0.717, 1.165) is 11.3 Å². The third kappa shape index (κ3) is 6.52. The summed E-state index contributed by atoms with van der Waals surface area (Å²) in [5.74, 6) is -4.46. The molecule has 1 aliphatic rings. The van der Waals surface area contributed by atoms with Gasteiger partial charge in [0.25, 0.3) is 0 Å². The lowest BCUT2D eigenvalue weighted by Crippen LogP contribution is -2.42. The average Bonchev–Trinajstić information content (AvgIpc) is 3.20. The minimum absolute atomic E-state index is 0.0474. The fourth-order valence-corrected chi connectivity index (χ4v) is 3.96. The van der Waals surface area contributed by atoms with Gasteiger partial charge in [-0.15, -0.1) is 0 Å². The van der Waals surface area contributed by atoms with E-state index in [1.165, 1.54) is 4.57 Å². The lowest BCUT2D eigenvalue weighted by molar-refractivity contribution is -0.159. The van der Waals surface area contributed by atoms with Crippen molar-refractivity contribution in [3.05, 3.63) is 59.9 Å². The first-order chi connectivity index (χ1) is 17.0. The summed E-state index contributed by atoms with van der Waals surface area (Å²) in [5, 5.41) is 17.7. The van der Waals surface area contributed by atoms with E-state index in [9.17, 15) is 18.0 Å². The van der Waals surface area contributed by atoms with Gasteiger partial charge in [0.2, 0.25) is 5.82 Å². The molecule has 4 rings (SSSR count). The van der Waals surface area contributed by atoms with Crippen LogP contribution in [0.25, 0.3) is 11.0 Å². The second-order valence-corrected chi connectivity index (χ2v) is 8.32. The molecule has 12 heteroatoms. The number of imidazole rings is 1. The number of carbonyl (C=O) groups is 3. The molecule has 0 unspecified atom stereocenters. The van der Waals surface area contributed by atoms with Crippen molar-refractivity contribution in [3.63, 3.8) is 0 Å². The molecule has 0 saturated carbocycles. The fraction of sp³-hybridized carbons (Fsp3) is 0.333. The van der Waals surface area contributed by atoms with Crippen molar-refractivity contribution in [2.75, 3.05) is 18.4 Å². The predicted molar refractivity (Wildman–Crippen MR) is 125 cm³/mol. The quantitative estimate of drug-likeness (QED) is 0.451. The molecule has 1 aliphatic heterocycles. The third-order valence-electron chi connectivity index (χ3n) is 5.82. The molecule has 0 atom stereocenters. The number of benzene rings is 2. The van der Waals surface area contributed by atoms with E-state index < -0.39 is 23.9 Å². The molecule has 1 saturated heterocycles. The number of likely N-dealkylation sites (tertiary alicyclic amines) is 1. The van der Waals surface area contributed by atoms with E-state index in [0.29, 0.717) is 37.0 Å². The SMILES string of the molecule is Cc1ccccc1NC(=O)N1CCC(Cn2c(C(F)(F)F)nc3ccccc32)CC1.O=C(O)C(=O)O. The monoisotopic (exact) mass is 506 g/mol. The van der Waals surface area contributed by atoms with Crippen LogP contribution in [0.1, 0.15) is 24.2 Å². The Bertz CT molecular complexity index is 1240. The number of nitrogens with zero attached hydrogens (tertiary/aromatic N) is 3. The minimum Gasteiger partial charge on any atom is -0.473 e. The molecule has 9 nitrogen and oxygen atoms in total. The topological polar surface area (TPSA) is 125 Å². The van der Waals surface area contributed by atoms with Gasteiger partial charge in [0.05, 0.1) is 11.0 Å². The lowest BCUT2D eigenvalue weighted by Gasteiger charge is -2.32. The zero-order chi connectivity index (χ0) is 26.5. The molecule has 0 bridgehead atoms. The summed E-state index contributed by atoms with van der Waals surface area (Å²) in [4.78, 5) is 36.3. The first-order valence-electron chi connectivity index (χ1n) is 11.1. The molecule has 0 aliphatic carbocycles. The number of aliphatic carboxylic acids is 2. The second kappa shape index (κ2) is 11.1. The maximum atomic E-state index is 13.5. The summed E-state index contributed by atoms with van der Waals surface area (Å²) >= 11 is 0. The lowest BCUT2D eigenvalue weighted by atomic mass is 9.96. The number of anilines is 1. The van der Waals surface area contributed by atoms with Crippen molar-refractivity contribution < 1.29 is 37.8 Å². The Morgan fingerprint density at radius 1 is 1.00 bits per heavy atom. The van der Waals surface area contributed by atoms with E-state index in [-0.39, 0.29) is 18.5 Å². The highest BCUT2D eigenvalue weighted by atomic mass is 19.4. The van der Waals surface area contributed by atoms with E-state index >= 15 is 0 Å². The number of aryl methyl sites for hydroxylation is 1. The number of para-hydroxylation sites is 3. The van der Waals surface area contributed by atoms with Gasteiger partial charge < -0.3 is 25.0 Å². The van der Waals surface area contributed by atoms with Crippen molar-refractivity contribution in [1.82, 2.24) is 14.5 Å². The van der Waals surface area contributed by atoms with Crippen molar-refractivity contribution in [2.45, 2.75) is 32.5 Å². The van der Waals surface area contributed by atoms with Crippen LogP contribution >= 0.6 is 0 Å². The number of aromatic nitrogens is 2. The van der Waals surface area contributed by atoms with Crippen LogP contribution in [0.5, 0.6) is 0 Å².